The first-order valence-electron chi connectivity index (χ1n) is 7.71. The van der Waals surface area contributed by atoms with Gasteiger partial charge in [-0.2, -0.15) is 5.10 Å². The molecule has 0 N–H and O–H groups in total. The van der Waals surface area contributed by atoms with Gasteiger partial charge in [-0.3, -0.25) is 9.48 Å². The molecule has 2 aromatic rings. The molecule has 1 aliphatic rings. The van der Waals surface area contributed by atoms with Crippen LogP contribution in [0.5, 0.6) is 11.5 Å². The summed E-state index contributed by atoms with van der Waals surface area (Å²) >= 11 is 0. The molecule has 1 aromatic heterocycles. The van der Waals surface area contributed by atoms with E-state index < -0.39 is 0 Å². The summed E-state index contributed by atoms with van der Waals surface area (Å²) in [5.41, 5.74) is 1.08. The van der Waals surface area contributed by atoms with Crippen LogP contribution in [0.15, 0.2) is 36.7 Å². The summed E-state index contributed by atoms with van der Waals surface area (Å²) in [5, 5.41) is 4.11. The molecule has 1 unspecified atom stereocenters. The highest BCUT2D eigenvalue weighted by Gasteiger charge is 2.30. The minimum atomic E-state index is 0.0814. The zero-order valence-electron chi connectivity index (χ0n) is 13.4. The van der Waals surface area contributed by atoms with Gasteiger partial charge in [-0.25, -0.2) is 0 Å². The van der Waals surface area contributed by atoms with E-state index in [1.165, 1.54) is 0 Å². The molecule has 6 nitrogen and oxygen atoms in total. The van der Waals surface area contributed by atoms with E-state index >= 15 is 0 Å². The monoisotopic (exact) mass is 315 g/mol. The number of nitrogens with zero attached hydrogens (tertiary/aromatic N) is 3. The molecule has 0 bridgehead atoms. The minimum Gasteiger partial charge on any atom is -0.493 e. The van der Waals surface area contributed by atoms with Crippen molar-refractivity contribution >= 4 is 5.91 Å². The lowest BCUT2D eigenvalue weighted by Crippen LogP contribution is -2.33. The van der Waals surface area contributed by atoms with Crippen LogP contribution in [-0.4, -0.2) is 41.4 Å². The van der Waals surface area contributed by atoms with E-state index in [9.17, 15) is 4.79 Å². The molecule has 1 atom stereocenters. The van der Waals surface area contributed by atoms with Gasteiger partial charge >= 0.3 is 0 Å². The predicted molar refractivity (Wildman–Crippen MR) is 85.5 cm³/mol. The Morgan fingerprint density at radius 3 is 2.83 bits per heavy atom. The number of carbonyl (C=O) groups excluding carboxylic acids is 1. The molecule has 122 valence electrons. The average molecular weight is 315 g/mol. The number of aromatic nitrogens is 2. The lowest BCUT2D eigenvalue weighted by atomic mass is 10.0. The molecule has 1 aliphatic heterocycles. The number of methoxy groups -OCH3 is 2. The highest BCUT2D eigenvalue weighted by molar-refractivity contribution is 5.76. The van der Waals surface area contributed by atoms with Gasteiger partial charge in [0, 0.05) is 18.9 Å². The summed E-state index contributed by atoms with van der Waals surface area (Å²) in [6.07, 6.45) is 5.45. The zero-order valence-corrected chi connectivity index (χ0v) is 13.4. The molecular formula is C17H21N3O3. The molecule has 23 heavy (non-hydrogen) atoms. The van der Waals surface area contributed by atoms with Crippen molar-refractivity contribution in [1.29, 1.82) is 0 Å². The van der Waals surface area contributed by atoms with E-state index in [-0.39, 0.29) is 18.5 Å². The molecular weight excluding hydrogens is 294 g/mol. The minimum absolute atomic E-state index is 0.0814. The largest absolute Gasteiger partial charge is 0.493 e. The van der Waals surface area contributed by atoms with E-state index in [0.29, 0.717) is 11.5 Å². The Kier molecular flexibility index (Phi) is 4.50. The highest BCUT2D eigenvalue weighted by Crippen LogP contribution is 2.36. The quantitative estimate of drug-likeness (QED) is 0.849. The smallest absolute Gasteiger partial charge is 0.244 e. The number of carbonyl (C=O) groups is 1. The van der Waals surface area contributed by atoms with Gasteiger partial charge in [0.05, 0.1) is 20.3 Å². The second-order valence-electron chi connectivity index (χ2n) is 5.56. The second kappa shape index (κ2) is 6.73. The lowest BCUT2D eigenvalue weighted by molar-refractivity contribution is -0.133. The van der Waals surface area contributed by atoms with Crippen molar-refractivity contribution in [3.8, 4) is 11.5 Å². The third-order valence-corrected chi connectivity index (χ3v) is 4.22. The third kappa shape index (κ3) is 3.16. The van der Waals surface area contributed by atoms with E-state index in [2.05, 4.69) is 5.10 Å². The van der Waals surface area contributed by atoms with E-state index in [1.54, 1.807) is 31.3 Å². The molecule has 2 heterocycles. The first kappa shape index (κ1) is 15.4. The normalized spacial score (nSPS) is 17.3. The first-order valence-corrected chi connectivity index (χ1v) is 7.71. The maximum atomic E-state index is 12.6. The number of likely N-dealkylation sites (tertiary alicyclic amines) is 1. The predicted octanol–water partition coefficient (Wildman–Crippen LogP) is 2.26. The van der Waals surface area contributed by atoms with Crippen LogP contribution in [0.3, 0.4) is 0 Å². The SMILES string of the molecule is COc1ccc(C2CCCN2C(=O)Cn2cccn2)cc1OC. The fourth-order valence-electron chi connectivity index (χ4n) is 3.10. The highest BCUT2D eigenvalue weighted by atomic mass is 16.5. The summed E-state index contributed by atoms with van der Waals surface area (Å²) in [4.78, 5) is 14.5. The summed E-state index contributed by atoms with van der Waals surface area (Å²) in [6, 6.07) is 7.76. The Hall–Kier alpha value is -2.50. The van der Waals surface area contributed by atoms with Crippen molar-refractivity contribution in [1.82, 2.24) is 14.7 Å². The molecule has 3 rings (SSSR count). The van der Waals surface area contributed by atoms with Crippen LogP contribution in [0, 0.1) is 0 Å². The molecule has 0 aliphatic carbocycles. The summed E-state index contributed by atoms with van der Waals surface area (Å²) < 4.78 is 12.3. The molecule has 6 heteroatoms. The number of hydrogen-bond donors (Lipinski definition) is 0. The van der Waals surface area contributed by atoms with Crippen molar-refractivity contribution < 1.29 is 14.3 Å². The van der Waals surface area contributed by atoms with Crippen LogP contribution in [0.4, 0.5) is 0 Å². The molecule has 1 aromatic carbocycles. The van der Waals surface area contributed by atoms with Gasteiger partial charge in [0.2, 0.25) is 5.91 Å². The number of amides is 1. The molecule has 0 saturated carbocycles. The topological polar surface area (TPSA) is 56.6 Å². The Morgan fingerprint density at radius 2 is 2.13 bits per heavy atom. The molecule has 1 saturated heterocycles. The van der Waals surface area contributed by atoms with Crippen molar-refractivity contribution in [2.75, 3.05) is 20.8 Å². The van der Waals surface area contributed by atoms with Gasteiger partial charge < -0.3 is 14.4 Å². The molecule has 0 spiro atoms. The van der Waals surface area contributed by atoms with Gasteiger partial charge in [-0.05, 0) is 36.6 Å². The third-order valence-electron chi connectivity index (χ3n) is 4.22. The Morgan fingerprint density at radius 1 is 1.30 bits per heavy atom. The summed E-state index contributed by atoms with van der Waals surface area (Å²) in [6.45, 7) is 1.05. The van der Waals surface area contributed by atoms with Gasteiger partial charge in [0.25, 0.3) is 0 Å². The molecule has 0 radical (unpaired) electrons. The van der Waals surface area contributed by atoms with Crippen LogP contribution < -0.4 is 9.47 Å². The standard InChI is InChI=1S/C17H21N3O3/c1-22-15-7-6-13(11-16(15)23-2)14-5-3-10-20(14)17(21)12-19-9-4-8-18-19/h4,6-9,11,14H,3,5,10,12H2,1-2H3. The van der Waals surface area contributed by atoms with E-state index in [1.807, 2.05) is 29.2 Å². The van der Waals surface area contributed by atoms with E-state index in [4.69, 9.17) is 9.47 Å². The number of rotatable bonds is 5. The average Bonchev–Trinajstić information content (AvgIpc) is 3.25. The van der Waals surface area contributed by atoms with Gasteiger partial charge in [0.1, 0.15) is 6.54 Å². The van der Waals surface area contributed by atoms with Crippen LogP contribution in [-0.2, 0) is 11.3 Å². The fourth-order valence-corrected chi connectivity index (χ4v) is 3.10. The van der Waals surface area contributed by atoms with Gasteiger partial charge in [-0.15, -0.1) is 0 Å². The van der Waals surface area contributed by atoms with Crippen LogP contribution in [0.2, 0.25) is 0 Å². The number of ether oxygens (including phenoxy) is 2. The second-order valence-corrected chi connectivity index (χ2v) is 5.56. The molecule has 1 fully saturated rings. The zero-order chi connectivity index (χ0) is 16.2. The van der Waals surface area contributed by atoms with Gasteiger partial charge in [-0.1, -0.05) is 6.07 Å². The van der Waals surface area contributed by atoms with Gasteiger partial charge in [0.15, 0.2) is 11.5 Å². The first-order chi connectivity index (χ1) is 11.2. The van der Waals surface area contributed by atoms with Crippen LogP contribution in [0.1, 0.15) is 24.4 Å². The summed E-state index contributed by atoms with van der Waals surface area (Å²) in [7, 11) is 3.24. The van der Waals surface area contributed by atoms with Crippen molar-refractivity contribution in [2.24, 2.45) is 0 Å². The van der Waals surface area contributed by atoms with Crippen LogP contribution in [0.25, 0.3) is 0 Å². The maximum Gasteiger partial charge on any atom is 0.244 e. The van der Waals surface area contributed by atoms with E-state index in [0.717, 1.165) is 24.9 Å². The lowest BCUT2D eigenvalue weighted by Gasteiger charge is -2.25. The Bertz CT molecular complexity index is 670. The Labute approximate surface area is 135 Å². The van der Waals surface area contributed by atoms with Crippen molar-refractivity contribution in [2.45, 2.75) is 25.4 Å². The number of benzene rings is 1. The number of hydrogen-bond acceptors (Lipinski definition) is 4. The van der Waals surface area contributed by atoms with Crippen molar-refractivity contribution in [3.63, 3.8) is 0 Å². The van der Waals surface area contributed by atoms with Crippen LogP contribution >= 0.6 is 0 Å². The van der Waals surface area contributed by atoms with Crippen molar-refractivity contribution in [3.05, 3.63) is 42.2 Å². The Balaban J connectivity index is 1.79. The maximum absolute atomic E-state index is 12.6. The summed E-state index contributed by atoms with van der Waals surface area (Å²) in [5.74, 6) is 1.48. The molecule has 1 amide bonds. The fraction of sp³-hybridized carbons (Fsp3) is 0.412.